The summed E-state index contributed by atoms with van der Waals surface area (Å²) in [5.41, 5.74) is -0.339. The largest absolute Gasteiger partial charge is 0.495 e. The lowest BCUT2D eigenvalue weighted by molar-refractivity contribution is -0.385. The molecule has 162 valence electrons. The molecule has 2 aromatic rings. The Morgan fingerprint density at radius 3 is 1.97 bits per heavy atom. The van der Waals surface area contributed by atoms with Crippen LogP contribution in [0.3, 0.4) is 0 Å². The van der Waals surface area contributed by atoms with Gasteiger partial charge in [-0.1, -0.05) is 17.7 Å². The van der Waals surface area contributed by atoms with Crippen LogP contribution in [0, 0.1) is 10.1 Å². The van der Waals surface area contributed by atoms with Gasteiger partial charge < -0.3 is 4.74 Å². The zero-order valence-corrected chi connectivity index (χ0v) is 18.2. The maximum absolute atomic E-state index is 12.9. The van der Waals surface area contributed by atoms with E-state index >= 15 is 0 Å². The molecule has 10 nitrogen and oxygen atoms in total. The van der Waals surface area contributed by atoms with Gasteiger partial charge in [-0.3, -0.25) is 10.1 Å². The van der Waals surface area contributed by atoms with Crippen LogP contribution < -0.4 is 4.74 Å². The monoisotopic (exact) mass is 475 g/mol. The molecule has 0 aromatic heterocycles. The average molecular weight is 476 g/mol. The van der Waals surface area contributed by atoms with E-state index in [0.717, 1.165) is 10.4 Å². The fourth-order valence-corrected chi connectivity index (χ4v) is 6.10. The number of nitrogens with zero attached hydrogens (tertiary/aromatic N) is 3. The molecule has 1 aliphatic heterocycles. The molecule has 1 fully saturated rings. The van der Waals surface area contributed by atoms with E-state index in [1.54, 1.807) is 0 Å². The van der Waals surface area contributed by atoms with Crippen molar-refractivity contribution in [3.63, 3.8) is 0 Å². The molecule has 1 saturated heterocycles. The first-order valence-corrected chi connectivity index (χ1v) is 11.9. The van der Waals surface area contributed by atoms with Gasteiger partial charge in [0.1, 0.15) is 5.75 Å². The number of nitro benzene ring substituents is 1. The van der Waals surface area contributed by atoms with Crippen LogP contribution in [0.4, 0.5) is 5.69 Å². The molecule has 0 N–H and O–H groups in total. The minimum Gasteiger partial charge on any atom is -0.495 e. The molecule has 0 amide bonds. The van der Waals surface area contributed by atoms with Gasteiger partial charge in [-0.25, -0.2) is 16.8 Å². The highest BCUT2D eigenvalue weighted by atomic mass is 35.5. The highest BCUT2D eigenvalue weighted by Gasteiger charge is 2.34. The van der Waals surface area contributed by atoms with Crippen LogP contribution in [0.15, 0.2) is 52.3 Å². The van der Waals surface area contributed by atoms with Crippen LogP contribution in [0.2, 0.25) is 5.02 Å². The average Bonchev–Trinajstić information content (AvgIpc) is 2.74. The first-order valence-electron chi connectivity index (χ1n) is 8.65. The van der Waals surface area contributed by atoms with Gasteiger partial charge in [0.2, 0.25) is 20.0 Å². The topological polar surface area (TPSA) is 127 Å². The van der Waals surface area contributed by atoms with E-state index in [4.69, 9.17) is 16.3 Å². The summed E-state index contributed by atoms with van der Waals surface area (Å²) in [6.45, 7) is -0.313. The first kappa shape index (κ1) is 22.4. The van der Waals surface area contributed by atoms with Crippen molar-refractivity contribution in [2.45, 2.75) is 9.79 Å². The molecule has 13 heteroatoms. The van der Waals surface area contributed by atoms with E-state index in [1.165, 1.54) is 47.8 Å². The number of hydrogen-bond donors (Lipinski definition) is 0. The van der Waals surface area contributed by atoms with Crippen LogP contribution in [0.1, 0.15) is 0 Å². The molecule has 0 atom stereocenters. The third-order valence-electron chi connectivity index (χ3n) is 4.62. The van der Waals surface area contributed by atoms with Gasteiger partial charge in [0.25, 0.3) is 5.69 Å². The highest BCUT2D eigenvalue weighted by molar-refractivity contribution is 7.89. The Morgan fingerprint density at radius 1 is 0.933 bits per heavy atom. The minimum atomic E-state index is -4.00. The number of piperazine rings is 1. The molecule has 0 aliphatic carbocycles. The van der Waals surface area contributed by atoms with Crippen molar-refractivity contribution in [3.8, 4) is 5.75 Å². The van der Waals surface area contributed by atoms with Gasteiger partial charge >= 0.3 is 0 Å². The molecule has 1 heterocycles. The van der Waals surface area contributed by atoms with Crippen molar-refractivity contribution in [2.24, 2.45) is 0 Å². The normalized spacial score (nSPS) is 16.3. The number of halogens is 1. The predicted molar refractivity (Wildman–Crippen MR) is 109 cm³/mol. The van der Waals surface area contributed by atoms with Gasteiger partial charge in [-0.15, -0.1) is 0 Å². The third kappa shape index (κ3) is 4.27. The molecule has 3 rings (SSSR count). The van der Waals surface area contributed by atoms with Gasteiger partial charge in [0.05, 0.1) is 26.8 Å². The molecule has 0 spiro atoms. The standard InChI is InChI=1S/C17H18ClN3O7S2/c1-28-17-12-15(5-6-16(17)18)30(26,27)20-9-7-19(8-10-20)29(24,25)14-4-2-3-13(11-14)21(22)23/h2-6,11-12H,7-10H2,1H3. The highest BCUT2D eigenvalue weighted by Crippen LogP contribution is 2.29. The summed E-state index contributed by atoms with van der Waals surface area (Å²) in [6, 6.07) is 8.82. The SMILES string of the molecule is COc1cc(S(=O)(=O)N2CCN(S(=O)(=O)c3cccc([N+](=O)[O-])c3)CC2)ccc1Cl. The predicted octanol–water partition coefficient (Wildman–Crippen LogP) is 1.95. The number of non-ortho nitro benzene ring substituents is 1. The minimum absolute atomic E-state index is 0.0151. The Hall–Kier alpha value is -2.25. The molecule has 0 radical (unpaired) electrons. The Bertz CT molecular complexity index is 1180. The molecular weight excluding hydrogens is 458 g/mol. The smallest absolute Gasteiger partial charge is 0.270 e. The quantitative estimate of drug-likeness (QED) is 0.461. The summed E-state index contributed by atoms with van der Waals surface area (Å²) >= 11 is 5.94. The van der Waals surface area contributed by atoms with Crippen LogP contribution in [0.25, 0.3) is 0 Å². The van der Waals surface area contributed by atoms with E-state index in [9.17, 15) is 26.9 Å². The number of sulfonamides is 2. The van der Waals surface area contributed by atoms with Crippen LogP contribution in [0.5, 0.6) is 5.75 Å². The number of nitro groups is 1. The zero-order valence-electron chi connectivity index (χ0n) is 15.8. The molecule has 0 unspecified atom stereocenters. The molecule has 2 aromatic carbocycles. The molecule has 0 saturated carbocycles. The lowest BCUT2D eigenvalue weighted by atomic mass is 10.3. The van der Waals surface area contributed by atoms with E-state index in [2.05, 4.69) is 0 Å². The second kappa shape index (κ2) is 8.47. The Morgan fingerprint density at radius 2 is 1.47 bits per heavy atom. The lowest BCUT2D eigenvalue weighted by Crippen LogP contribution is -2.50. The second-order valence-corrected chi connectivity index (χ2v) is 10.6. The molecular formula is C17H18ClN3O7S2. The van der Waals surface area contributed by atoms with Gasteiger partial charge in [0.15, 0.2) is 0 Å². The number of ether oxygens (including phenoxy) is 1. The Labute approximate surface area is 178 Å². The number of benzene rings is 2. The maximum atomic E-state index is 12.9. The summed E-state index contributed by atoms with van der Waals surface area (Å²) in [5.74, 6) is 0.213. The van der Waals surface area contributed by atoms with Crippen molar-refractivity contribution < 1.29 is 26.5 Å². The summed E-state index contributed by atoms with van der Waals surface area (Å²) in [4.78, 5) is 10.0. The van der Waals surface area contributed by atoms with Crippen molar-refractivity contribution in [3.05, 3.63) is 57.6 Å². The van der Waals surface area contributed by atoms with E-state index in [1.807, 2.05) is 0 Å². The van der Waals surface area contributed by atoms with Crippen molar-refractivity contribution in [1.29, 1.82) is 0 Å². The summed E-state index contributed by atoms with van der Waals surface area (Å²) < 4.78 is 58.8. The van der Waals surface area contributed by atoms with Crippen LogP contribution >= 0.6 is 11.6 Å². The Kier molecular flexibility index (Phi) is 6.34. The van der Waals surface area contributed by atoms with E-state index in [-0.39, 0.29) is 52.4 Å². The third-order valence-corrected chi connectivity index (χ3v) is 8.73. The van der Waals surface area contributed by atoms with Crippen LogP contribution in [-0.4, -0.2) is 63.7 Å². The number of methoxy groups -OCH3 is 1. The fraction of sp³-hybridized carbons (Fsp3) is 0.294. The van der Waals surface area contributed by atoms with Gasteiger partial charge in [-0.2, -0.15) is 8.61 Å². The van der Waals surface area contributed by atoms with Crippen LogP contribution in [-0.2, 0) is 20.0 Å². The van der Waals surface area contributed by atoms with Crippen molar-refractivity contribution in [2.75, 3.05) is 33.3 Å². The maximum Gasteiger partial charge on any atom is 0.270 e. The van der Waals surface area contributed by atoms with Crippen molar-refractivity contribution >= 4 is 37.3 Å². The lowest BCUT2D eigenvalue weighted by Gasteiger charge is -2.33. The molecule has 1 aliphatic rings. The second-order valence-electron chi connectivity index (χ2n) is 6.36. The Balaban J connectivity index is 1.78. The van der Waals surface area contributed by atoms with E-state index < -0.39 is 25.0 Å². The zero-order chi connectivity index (χ0) is 22.1. The van der Waals surface area contributed by atoms with Crippen molar-refractivity contribution in [1.82, 2.24) is 8.61 Å². The summed E-state index contributed by atoms with van der Waals surface area (Å²) in [6.07, 6.45) is 0. The molecule has 0 bridgehead atoms. The van der Waals surface area contributed by atoms with Gasteiger partial charge in [0, 0.05) is 44.4 Å². The number of rotatable bonds is 6. The summed E-state index contributed by atoms with van der Waals surface area (Å²) in [7, 11) is -6.51. The van der Waals surface area contributed by atoms with Gasteiger partial charge in [-0.05, 0) is 18.2 Å². The van der Waals surface area contributed by atoms with E-state index in [0.29, 0.717) is 0 Å². The summed E-state index contributed by atoms with van der Waals surface area (Å²) in [5, 5.41) is 11.2. The fourth-order valence-electron chi connectivity index (χ4n) is 3.01. The number of hydrogen-bond acceptors (Lipinski definition) is 7. The molecule has 30 heavy (non-hydrogen) atoms. The first-order chi connectivity index (χ1) is 14.1.